The predicted octanol–water partition coefficient (Wildman–Crippen LogP) is 4.57. The summed E-state index contributed by atoms with van der Waals surface area (Å²) >= 11 is 0. The van der Waals surface area contributed by atoms with E-state index in [2.05, 4.69) is 11.8 Å². The largest absolute Gasteiger partial charge is 0.494 e. The van der Waals surface area contributed by atoms with Gasteiger partial charge in [-0.2, -0.15) is 0 Å². The standard InChI is InChI=1S/C23H29NO3S/c1-2-21-23(27-20-8-3-4-9-22(20)28(21)25)18-10-12-19(13-11-18)26-17-7-16-24-14-5-6-15-24/h3-4,8-13,21,23H,2,5-7,14-17H2,1H3/t21-,23+,28?/m0/s1. The van der Waals surface area contributed by atoms with Crippen LogP contribution in [0.3, 0.4) is 0 Å². The molecule has 2 aliphatic heterocycles. The van der Waals surface area contributed by atoms with Crippen molar-refractivity contribution >= 4 is 10.8 Å². The molecule has 3 atom stereocenters. The molecule has 2 heterocycles. The van der Waals surface area contributed by atoms with E-state index < -0.39 is 10.8 Å². The number of benzene rings is 2. The topological polar surface area (TPSA) is 38.8 Å². The lowest BCUT2D eigenvalue weighted by molar-refractivity contribution is 0.185. The highest BCUT2D eigenvalue weighted by Crippen LogP contribution is 2.40. The number of para-hydroxylation sites is 1. The maximum Gasteiger partial charge on any atom is 0.138 e. The number of hydrogen-bond donors (Lipinski definition) is 0. The van der Waals surface area contributed by atoms with Gasteiger partial charge in [-0.05, 0) is 68.6 Å². The van der Waals surface area contributed by atoms with Crippen LogP contribution in [0, 0.1) is 0 Å². The third kappa shape index (κ3) is 4.26. The molecule has 0 spiro atoms. The van der Waals surface area contributed by atoms with Gasteiger partial charge >= 0.3 is 0 Å². The summed E-state index contributed by atoms with van der Waals surface area (Å²) in [7, 11) is -1.06. The first-order chi connectivity index (χ1) is 13.8. The molecular weight excluding hydrogens is 370 g/mol. The van der Waals surface area contributed by atoms with Gasteiger partial charge in [0.1, 0.15) is 17.6 Å². The highest BCUT2D eigenvalue weighted by Gasteiger charge is 2.35. The van der Waals surface area contributed by atoms with E-state index in [1.807, 2.05) is 48.5 Å². The minimum Gasteiger partial charge on any atom is -0.494 e. The molecule has 1 saturated heterocycles. The third-order valence-electron chi connectivity index (χ3n) is 5.63. The molecule has 0 aromatic heterocycles. The normalized spacial score (nSPS) is 24.5. The van der Waals surface area contributed by atoms with Crippen molar-refractivity contribution in [2.75, 3.05) is 26.2 Å². The summed E-state index contributed by atoms with van der Waals surface area (Å²) in [6, 6.07) is 15.8. The molecule has 1 unspecified atom stereocenters. The van der Waals surface area contributed by atoms with E-state index in [0.717, 1.165) is 48.0 Å². The van der Waals surface area contributed by atoms with Crippen molar-refractivity contribution in [3.63, 3.8) is 0 Å². The van der Waals surface area contributed by atoms with E-state index in [1.165, 1.54) is 25.9 Å². The summed E-state index contributed by atoms with van der Waals surface area (Å²) < 4.78 is 25.1. The molecule has 0 bridgehead atoms. The molecule has 28 heavy (non-hydrogen) atoms. The maximum absolute atomic E-state index is 13.0. The molecule has 0 radical (unpaired) electrons. The number of ether oxygens (including phenoxy) is 2. The molecule has 0 amide bonds. The lowest BCUT2D eigenvalue weighted by atomic mass is 10.0. The van der Waals surface area contributed by atoms with E-state index in [-0.39, 0.29) is 11.4 Å². The molecule has 1 fully saturated rings. The quantitative estimate of drug-likeness (QED) is 0.639. The Bertz CT molecular complexity index is 802. The lowest BCUT2D eigenvalue weighted by Gasteiger charge is -2.32. The number of hydrogen-bond acceptors (Lipinski definition) is 4. The molecule has 0 aliphatic carbocycles. The van der Waals surface area contributed by atoms with Crippen molar-refractivity contribution in [3.8, 4) is 11.5 Å². The summed E-state index contributed by atoms with van der Waals surface area (Å²) in [6.07, 6.45) is 4.34. The average Bonchev–Trinajstić information content (AvgIpc) is 3.25. The van der Waals surface area contributed by atoms with Crippen LogP contribution in [0.5, 0.6) is 11.5 Å². The van der Waals surface area contributed by atoms with Gasteiger partial charge in [-0.1, -0.05) is 31.2 Å². The van der Waals surface area contributed by atoms with Crippen LogP contribution in [0.2, 0.25) is 0 Å². The number of likely N-dealkylation sites (tertiary alicyclic amines) is 1. The fraction of sp³-hybridized carbons (Fsp3) is 0.478. The molecule has 4 rings (SSSR count). The lowest BCUT2D eigenvalue weighted by Crippen LogP contribution is -2.32. The summed E-state index contributed by atoms with van der Waals surface area (Å²) in [5, 5.41) is -0.0397. The number of rotatable bonds is 7. The van der Waals surface area contributed by atoms with Gasteiger partial charge in [-0.25, -0.2) is 0 Å². The minimum absolute atomic E-state index is 0.0397. The van der Waals surface area contributed by atoms with Crippen molar-refractivity contribution in [2.24, 2.45) is 0 Å². The first-order valence-electron chi connectivity index (χ1n) is 10.4. The molecule has 2 aliphatic rings. The molecule has 4 nitrogen and oxygen atoms in total. The van der Waals surface area contributed by atoms with Crippen molar-refractivity contribution < 1.29 is 13.7 Å². The van der Waals surface area contributed by atoms with E-state index >= 15 is 0 Å². The first kappa shape index (κ1) is 19.5. The molecule has 0 N–H and O–H groups in total. The second-order valence-electron chi connectivity index (χ2n) is 7.55. The van der Waals surface area contributed by atoms with Gasteiger partial charge < -0.3 is 14.4 Å². The number of nitrogens with zero attached hydrogens (tertiary/aromatic N) is 1. The smallest absolute Gasteiger partial charge is 0.138 e. The van der Waals surface area contributed by atoms with Crippen LogP contribution in [0.4, 0.5) is 0 Å². The van der Waals surface area contributed by atoms with Crippen LogP contribution in [0.1, 0.15) is 44.3 Å². The van der Waals surface area contributed by atoms with Gasteiger partial charge in [0.05, 0.1) is 27.6 Å². The Morgan fingerprint density at radius 3 is 2.61 bits per heavy atom. The van der Waals surface area contributed by atoms with Crippen LogP contribution in [-0.4, -0.2) is 40.6 Å². The Hall–Kier alpha value is -1.85. The van der Waals surface area contributed by atoms with Crippen molar-refractivity contribution in [2.45, 2.75) is 48.9 Å². The van der Waals surface area contributed by atoms with Crippen LogP contribution < -0.4 is 9.47 Å². The van der Waals surface area contributed by atoms with Crippen molar-refractivity contribution in [1.29, 1.82) is 0 Å². The molecule has 0 saturated carbocycles. The summed E-state index contributed by atoms with van der Waals surface area (Å²) in [5.41, 5.74) is 1.05. The fourth-order valence-electron chi connectivity index (χ4n) is 4.09. The fourth-order valence-corrected chi connectivity index (χ4v) is 5.68. The Morgan fingerprint density at radius 1 is 1.11 bits per heavy atom. The summed E-state index contributed by atoms with van der Waals surface area (Å²) in [5.74, 6) is 1.62. The van der Waals surface area contributed by atoms with Gasteiger partial charge in [-0.15, -0.1) is 0 Å². The van der Waals surface area contributed by atoms with Gasteiger partial charge in [0.2, 0.25) is 0 Å². The van der Waals surface area contributed by atoms with E-state index in [4.69, 9.17) is 9.47 Å². The van der Waals surface area contributed by atoms with Gasteiger partial charge in [0.25, 0.3) is 0 Å². The van der Waals surface area contributed by atoms with Crippen LogP contribution >= 0.6 is 0 Å². The highest BCUT2D eigenvalue weighted by atomic mass is 32.2. The molecule has 2 aromatic rings. The molecule has 150 valence electrons. The minimum atomic E-state index is -1.06. The van der Waals surface area contributed by atoms with E-state index in [0.29, 0.717) is 0 Å². The Kier molecular flexibility index (Phi) is 6.33. The second-order valence-corrected chi connectivity index (χ2v) is 9.19. The predicted molar refractivity (Wildman–Crippen MR) is 113 cm³/mol. The van der Waals surface area contributed by atoms with Crippen molar-refractivity contribution in [3.05, 3.63) is 54.1 Å². The zero-order chi connectivity index (χ0) is 19.3. The highest BCUT2D eigenvalue weighted by molar-refractivity contribution is 7.86. The monoisotopic (exact) mass is 399 g/mol. The van der Waals surface area contributed by atoms with E-state index in [9.17, 15) is 4.21 Å². The SMILES string of the molecule is CC[C@H]1[C@@H](c2ccc(OCCCN3CCCC3)cc2)Oc2ccccc2S1=O. The first-order valence-corrected chi connectivity index (χ1v) is 11.6. The van der Waals surface area contributed by atoms with Gasteiger partial charge in [-0.3, -0.25) is 4.21 Å². The average molecular weight is 400 g/mol. The molecule has 5 heteroatoms. The summed E-state index contributed by atoms with van der Waals surface area (Å²) in [4.78, 5) is 3.32. The Morgan fingerprint density at radius 2 is 1.86 bits per heavy atom. The van der Waals surface area contributed by atoms with Gasteiger partial charge in [0, 0.05) is 6.54 Å². The maximum atomic E-state index is 13.0. The van der Waals surface area contributed by atoms with Crippen LogP contribution in [0.15, 0.2) is 53.4 Å². The van der Waals surface area contributed by atoms with Crippen LogP contribution in [-0.2, 0) is 10.8 Å². The molecular formula is C23H29NO3S. The second kappa shape index (κ2) is 9.10. The van der Waals surface area contributed by atoms with Crippen molar-refractivity contribution in [1.82, 2.24) is 4.90 Å². The Balaban J connectivity index is 1.38. The zero-order valence-corrected chi connectivity index (χ0v) is 17.3. The van der Waals surface area contributed by atoms with E-state index in [1.54, 1.807) is 0 Å². The zero-order valence-electron chi connectivity index (χ0n) is 16.5. The van der Waals surface area contributed by atoms with Gasteiger partial charge in [0.15, 0.2) is 0 Å². The van der Waals surface area contributed by atoms with Crippen LogP contribution in [0.25, 0.3) is 0 Å². The molecule has 2 aromatic carbocycles. The summed E-state index contributed by atoms with van der Waals surface area (Å²) in [6.45, 7) is 6.41. The third-order valence-corrected chi connectivity index (χ3v) is 7.53. The Labute approximate surface area is 170 Å². The number of fused-ring (bicyclic) bond motifs is 1.